The van der Waals surface area contributed by atoms with E-state index in [9.17, 15) is 5.11 Å². The fourth-order valence-electron chi connectivity index (χ4n) is 1.75. The number of H-pyrrole nitrogens is 2. The fraction of sp³-hybridized carbons (Fsp3) is 0. The number of halogens is 1. The van der Waals surface area contributed by atoms with Gasteiger partial charge in [-0.15, -0.1) is 0 Å². The summed E-state index contributed by atoms with van der Waals surface area (Å²) in [5.74, 6) is 0.553. The molecule has 90 valence electrons. The van der Waals surface area contributed by atoms with Crippen LogP contribution in [0.15, 0.2) is 17.3 Å². The number of hydrogen-bond donors (Lipinski definition) is 3. The topological polar surface area (TPSA) is 77.1 Å². The molecule has 3 N–H and O–H groups in total. The van der Waals surface area contributed by atoms with E-state index in [1.807, 2.05) is 0 Å². The van der Waals surface area contributed by atoms with Crippen LogP contribution in [0.25, 0.3) is 11.6 Å². The Kier molecular flexibility index (Phi) is 2.53. The van der Waals surface area contributed by atoms with E-state index in [4.69, 9.17) is 23.8 Å². The molecule has 0 spiro atoms. The van der Waals surface area contributed by atoms with Crippen LogP contribution < -0.4 is 0 Å². The van der Waals surface area contributed by atoms with Crippen molar-refractivity contribution >= 4 is 47.5 Å². The number of allylic oxidation sites excluding steroid dienone is 1. The van der Waals surface area contributed by atoms with Gasteiger partial charge >= 0.3 is 0 Å². The first-order valence-electron chi connectivity index (χ1n) is 5.07. The lowest BCUT2D eigenvalue weighted by molar-refractivity contribution is 0.455. The van der Waals surface area contributed by atoms with Crippen LogP contribution in [0.3, 0.4) is 0 Å². The number of hydrogen-bond acceptors (Lipinski definition) is 4. The number of aromatic amines is 2. The van der Waals surface area contributed by atoms with E-state index >= 15 is 0 Å². The molecular formula is C11H7ClN4OS. The first-order chi connectivity index (χ1) is 8.65. The van der Waals surface area contributed by atoms with Gasteiger partial charge in [-0.05, 0) is 24.4 Å². The summed E-state index contributed by atoms with van der Waals surface area (Å²) in [4.78, 5) is 13.7. The number of aromatic nitrogens is 3. The van der Waals surface area contributed by atoms with E-state index in [0.29, 0.717) is 21.3 Å². The highest BCUT2D eigenvalue weighted by molar-refractivity contribution is 7.71. The van der Waals surface area contributed by atoms with Gasteiger partial charge in [0.15, 0.2) is 10.6 Å². The Bertz CT molecular complexity index is 744. The first kappa shape index (κ1) is 11.2. The highest BCUT2D eigenvalue weighted by Gasteiger charge is 2.17. The van der Waals surface area contributed by atoms with Gasteiger partial charge in [0.25, 0.3) is 0 Å². The van der Waals surface area contributed by atoms with Crippen molar-refractivity contribution in [3.8, 4) is 5.88 Å². The van der Waals surface area contributed by atoms with E-state index < -0.39 is 0 Å². The van der Waals surface area contributed by atoms with Gasteiger partial charge in [0.05, 0.1) is 5.02 Å². The Morgan fingerprint density at radius 1 is 1.39 bits per heavy atom. The SMILES string of the molecule is Oc1[nH]c(=S)[nH]c1C=C1C=Nc2nccc(Cl)c21. The number of imidazole rings is 1. The molecule has 0 fully saturated rings. The highest BCUT2D eigenvalue weighted by Crippen LogP contribution is 2.36. The number of rotatable bonds is 1. The molecule has 3 rings (SSSR count). The van der Waals surface area contributed by atoms with Gasteiger partial charge in [-0.3, -0.25) is 0 Å². The predicted octanol–water partition coefficient (Wildman–Crippen LogP) is 3.08. The van der Waals surface area contributed by atoms with Crippen LogP contribution >= 0.6 is 23.8 Å². The molecule has 0 aliphatic carbocycles. The molecule has 0 unspecified atom stereocenters. The standard InChI is InChI=1S/C11H7ClN4OS/c12-6-1-2-13-9-8(6)5(4-14-9)3-7-10(17)16-11(18)15-7/h1-4,17H,(H2,15,16,18). The molecule has 18 heavy (non-hydrogen) atoms. The molecular weight excluding hydrogens is 272 g/mol. The van der Waals surface area contributed by atoms with Crippen molar-refractivity contribution in [1.29, 1.82) is 0 Å². The summed E-state index contributed by atoms with van der Waals surface area (Å²) in [5, 5.41) is 10.2. The Morgan fingerprint density at radius 3 is 2.94 bits per heavy atom. The van der Waals surface area contributed by atoms with Crippen LogP contribution in [0.1, 0.15) is 11.3 Å². The van der Waals surface area contributed by atoms with Crippen molar-refractivity contribution in [2.75, 3.05) is 0 Å². The smallest absolute Gasteiger partial charge is 0.215 e. The molecule has 0 bridgehead atoms. The third-order valence-electron chi connectivity index (χ3n) is 2.53. The quantitative estimate of drug-likeness (QED) is 0.702. The summed E-state index contributed by atoms with van der Waals surface area (Å²) in [6, 6.07) is 1.70. The molecule has 0 saturated heterocycles. The Labute approximate surface area is 112 Å². The minimum absolute atomic E-state index is 0.0191. The van der Waals surface area contributed by atoms with Gasteiger partial charge in [-0.1, -0.05) is 11.6 Å². The van der Waals surface area contributed by atoms with E-state index in [1.165, 1.54) is 0 Å². The van der Waals surface area contributed by atoms with E-state index in [1.54, 1.807) is 24.6 Å². The van der Waals surface area contributed by atoms with Crippen LogP contribution in [-0.2, 0) is 0 Å². The lowest BCUT2D eigenvalue weighted by Gasteiger charge is -2.01. The normalized spacial score (nSPS) is 15.3. The summed E-state index contributed by atoms with van der Waals surface area (Å²) in [7, 11) is 0. The lowest BCUT2D eigenvalue weighted by atomic mass is 10.1. The molecule has 2 aromatic rings. The van der Waals surface area contributed by atoms with Gasteiger partial charge < -0.3 is 15.1 Å². The number of aromatic hydroxyl groups is 1. The largest absolute Gasteiger partial charge is 0.493 e. The Hall–Kier alpha value is -1.92. The maximum absolute atomic E-state index is 9.62. The summed E-state index contributed by atoms with van der Waals surface area (Å²) in [6.07, 6.45) is 4.96. The predicted molar refractivity (Wildman–Crippen MR) is 72.9 cm³/mol. The minimum Gasteiger partial charge on any atom is -0.493 e. The monoisotopic (exact) mass is 278 g/mol. The highest BCUT2D eigenvalue weighted by atomic mass is 35.5. The van der Waals surface area contributed by atoms with Crippen LogP contribution in [0, 0.1) is 4.77 Å². The molecule has 0 atom stereocenters. The average molecular weight is 279 g/mol. The number of fused-ring (bicyclic) bond motifs is 1. The molecule has 1 aliphatic heterocycles. The van der Waals surface area contributed by atoms with Crippen molar-refractivity contribution in [3.63, 3.8) is 0 Å². The van der Waals surface area contributed by atoms with Crippen molar-refractivity contribution < 1.29 is 5.11 Å². The second-order valence-corrected chi connectivity index (χ2v) is 4.51. The lowest BCUT2D eigenvalue weighted by Crippen LogP contribution is -1.84. The van der Waals surface area contributed by atoms with Crippen molar-refractivity contribution in [2.45, 2.75) is 0 Å². The first-order valence-corrected chi connectivity index (χ1v) is 5.85. The van der Waals surface area contributed by atoms with E-state index in [0.717, 1.165) is 11.1 Å². The summed E-state index contributed by atoms with van der Waals surface area (Å²) >= 11 is 11.0. The Morgan fingerprint density at radius 2 is 2.22 bits per heavy atom. The van der Waals surface area contributed by atoms with Crippen molar-refractivity contribution in [3.05, 3.63) is 33.3 Å². The van der Waals surface area contributed by atoms with Gasteiger partial charge in [-0.25, -0.2) is 9.98 Å². The zero-order chi connectivity index (χ0) is 12.7. The Balaban J connectivity index is 2.15. The van der Waals surface area contributed by atoms with Crippen LogP contribution in [0.5, 0.6) is 5.88 Å². The third kappa shape index (κ3) is 1.75. The number of nitrogens with zero attached hydrogens (tertiary/aromatic N) is 2. The van der Waals surface area contributed by atoms with Crippen molar-refractivity contribution in [2.24, 2.45) is 4.99 Å². The van der Waals surface area contributed by atoms with Crippen molar-refractivity contribution in [1.82, 2.24) is 15.0 Å². The van der Waals surface area contributed by atoms with Gasteiger partial charge in [-0.2, -0.15) is 0 Å². The zero-order valence-corrected chi connectivity index (χ0v) is 10.5. The fourth-order valence-corrected chi connectivity index (χ4v) is 2.20. The second-order valence-electron chi connectivity index (χ2n) is 3.69. The maximum atomic E-state index is 9.62. The molecule has 0 radical (unpaired) electrons. The number of pyridine rings is 1. The minimum atomic E-state index is -0.0191. The zero-order valence-electron chi connectivity index (χ0n) is 8.94. The summed E-state index contributed by atoms with van der Waals surface area (Å²) < 4.78 is 0.354. The summed E-state index contributed by atoms with van der Waals surface area (Å²) in [6.45, 7) is 0. The molecule has 5 nitrogen and oxygen atoms in total. The van der Waals surface area contributed by atoms with E-state index in [-0.39, 0.29) is 5.88 Å². The molecule has 3 heterocycles. The molecule has 0 amide bonds. The summed E-state index contributed by atoms with van der Waals surface area (Å²) in [5.41, 5.74) is 2.00. The molecule has 0 aromatic carbocycles. The molecule has 0 saturated carbocycles. The molecule has 1 aliphatic rings. The number of aliphatic imine (C=N–C) groups is 1. The van der Waals surface area contributed by atoms with Gasteiger partial charge in [0.2, 0.25) is 5.88 Å². The van der Waals surface area contributed by atoms with E-state index in [2.05, 4.69) is 19.9 Å². The maximum Gasteiger partial charge on any atom is 0.215 e. The van der Waals surface area contributed by atoms with Crippen LogP contribution in [-0.4, -0.2) is 26.3 Å². The second kappa shape index (κ2) is 4.08. The molecule has 2 aromatic heterocycles. The van der Waals surface area contributed by atoms with Crippen LogP contribution in [0.2, 0.25) is 5.02 Å². The third-order valence-corrected chi connectivity index (χ3v) is 3.05. The van der Waals surface area contributed by atoms with Crippen LogP contribution in [0.4, 0.5) is 5.82 Å². The molecule has 7 heteroatoms. The van der Waals surface area contributed by atoms with Gasteiger partial charge in [0.1, 0.15) is 5.69 Å². The number of nitrogens with one attached hydrogen (secondary N) is 2. The van der Waals surface area contributed by atoms with Gasteiger partial charge in [0, 0.05) is 23.5 Å². The average Bonchev–Trinajstić information content (AvgIpc) is 2.85.